The smallest absolute Gasteiger partial charge is 0.00130 e. The third kappa shape index (κ3) is 2.20. The lowest BCUT2D eigenvalue weighted by Gasteiger charge is -2.20. The van der Waals surface area contributed by atoms with Crippen LogP contribution in [-0.2, 0) is 0 Å². The van der Waals surface area contributed by atoms with E-state index in [-0.39, 0.29) is 0 Å². The predicted molar refractivity (Wildman–Crippen MR) is 158 cm³/mol. The average Bonchev–Trinajstić information content (AvgIpc) is 2.93. The molecule has 0 aliphatic carbocycles. The van der Waals surface area contributed by atoms with Crippen LogP contribution in [0.4, 0.5) is 0 Å². The van der Waals surface area contributed by atoms with E-state index in [1.807, 2.05) is 0 Å². The van der Waals surface area contributed by atoms with Gasteiger partial charge < -0.3 is 0 Å². The Bertz CT molecular complexity index is 2190. The van der Waals surface area contributed by atoms with Gasteiger partial charge in [-0.3, -0.25) is 0 Å². The highest BCUT2D eigenvalue weighted by Crippen LogP contribution is 2.49. The van der Waals surface area contributed by atoms with Crippen LogP contribution in [0.15, 0.2) is 121 Å². The zero-order chi connectivity index (χ0) is 23.4. The summed E-state index contributed by atoms with van der Waals surface area (Å²) in [5, 5.41) is 21.4. The van der Waals surface area contributed by atoms with E-state index in [0.29, 0.717) is 0 Å². The lowest BCUT2D eigenvalue weighted by atomic mass is 9.82. The van der Waals surface area contributed by atoms with Gasteiger partial charge >= 0.3 is 0 Å². The molecule has 0 heteroatoms. The van der Waals surface area contributed by atoms with E-state index in [1.165, 1.54) is 86.2 Å². The molecule has 0 atom stereocenters. The number of fused-ring (bicyclic) bond motifs is 10. The predicted octanol–water partition coefficient (Wildman–Crippen LogP) is 10.3. The topological polar surface area (TPSA) is 0 Å². The van der Waals surface area contributed by atoms with Gasteiger partial charge in [-0.05, 0) is 110 Å². The monoisotopic (exact) mass is 452 g/mol. The Morgan fingerprint density at radius 2 is 0.528 bits per heavy atom. The van der Waals surface area contributed by atoms with Crippen molar-refractivity contribution in [3.63, 3.8) is 0 Å². The molecular weight excluding hydrogens is 432 g/mol. The Morgan fingerprint density at radius 3 is 0.944 bits per heavy atom. The SMILES string of the molecule is c1ccc2c(c1)cc1c3c(cc4ccccc4c23)c2c3ccccc3cc3cc4ccccc4c1c32. The van der Waals surface area contributed by atoms with Crippen LogP contribution in [0.3, 0.4) is 0 Å². The van der Waals surface area contributed by atoms with Crippen LogP contribution < -0.4 is 0 Å². The second kappa shape index (κ2) is 6.50. The molecule has 0 radical (unpaired) electrons. The summed E-state index contributed by atoms with van der Waals surface area (Å²) in [5.41, 5.74) is 0. The highest BCUT2D eigenvalue weighted by Gasteiger charge is 2.20. The van der Waals surface area contributed by atoms with Gasteiger partial charge in [0, 0.05) is 0 Å². The quantitative estimate of drug-likeness (QED) is 0.159. The van der Waals surface area contributed by atoms with Crippen LogP contribution in [0.2, 0.25) is 0 Å². The minimum absolute atomic E-state index is 1.30. The molecule has 36 heavy (non-hydrogen) atoms. The first-order valence-electron chi connectivity index (χ1n) is 12.6. The highest BCUT2D eigenvalue weighted by atomic mass is 14.2. The van der Waals surface area contributed by atoms with Crippen LogP contribution in [-0.4, -0.2) is 0 Å². The molecule has 0 nitrogen and oxygen atoms in total. The molecule has 9 aromatic carbocycles. The van der Waals surface area contributed by atoms with Gasteiger partial charge in [0.05, 0.1) is 0 Å². The first-order valence-corrected chi connectivity index (χ1v) is 12.6. The first-order chi connectivity index (χ1) is 17.9. The maximum Gasteiger partial charge on any atom is -0.00130 e. The first kappa shape index (κ1) is 18.6. The van der Waals surface area contributed by atoms with Gasteiger partial charge in [-0.15, -0.1) is 0 Å². The third-order valence-corrected chi connectivity index (χ3v) is 8.26. The molecule has 0 unspecified atom stereocenters. The molecule has 9 rings (SSSR count). The summed E-state index contributed by atoms with van der Waals surface area (Å²) in [7, 11) is 0. The minimum Gasteiger partial charge on any atom is -0.0616 e. The lowest BCUT2D eigenvalue weighted by molar-refractivity contribution is 1.79. The molecule has 0 bridgehead atoms. The fourth-order valence-electron chi connectivity index (χ4n) is 6.84. The Morgan fingerprint density at radius 1 is 0.222 bits per heavy atom. The van der Waals surface area contributed by atoms with Crippen molar-refractivity contribution in [2.75, 3.05) is 0 Å². The van der Waals surface area contributed by atoms with Crippen molar-refractivity contribution < 1.29 is 0 Å². The van der Waals surface area contributed by atoms with Crippen molar-refractivity contribution in [3.8, 4) is 0 Å². The Hall–Kier alpha value is -4.68. The van der Waals surface area contributed by atoms with E-state index < -0.39 is 0 Å². The molecule has 0 amide bonds. The van der Waals surface area contributed by atoms with Gasteiger partial charge in [-0.1, -0.05) is 97.1 Å². The van der Waals surface area contributed by atoms with E-state index in [1.54, 1.807) is 0 Å². The van der Waals surface area contributed by atoms with Gasteiger partial charge in [0.25, 0.3) is 0 Å². The minimum atomic E-state index is 1.30. The molecule has 0 spiro atoms. The molecule has 0 aliphatic heterocycles. The fourth-order valence-corrected chi connectivity index (χ4v) is 6.84. The van der Waals surface area contributed by atoms with Gasteiger partial charge in [-0.2, -0.15) is 0 Å². The largest absolute Gasteiger partial charge is 0.0616 e. The Kier molecular flexibility index (Phi) is 3.36. The summed E-state index contributed by atoms with van der Waals surface area (Å²) in [6.07, 6.45) is 0. The third-order valence-electron chi connectivity index (χ3n) is 8.26. The van der Waals surface area contributed by atoms with Crippen molar-refractivity contribution in [2.45, 2.75) is 0 Å². The van der Waals surface area contributed by atoms with E-state index in [9.17, 15) is 0 Å². The standard InChI is InChI=1S/C36H20/c1-5-13-26-21(9-1)17-25-18-22-10-2-6-14-27(22)35-31-20-24-12-4-8-16-29(24)33-28-15-7-3-11-23(28)19-30(36(31)33)34(26)32(25)35/h1-20H. The number of hydrogen-bond acceptors (Lipinski definition) is 0. The van der Waals surface area contributed by atoms with Gasteiger partial charge in [0.1, 0.15) is 0 Å². The van der Waals surface area contributed by atoms with Crippen LogP contribution >= 0.6 is 0 Å². The van der Waals surface area contributed by atoms with Gasteiger partial charge in [-0.25, -0.2) is 0 Å². The van der Waals surface area contributed by atoms with Crippen molar-refractivity contribution in [3.05, 3.63) is 121 Å². The zero-order valence-corrected chi connectivity index (χ0v) is 19.5. The molecule has 164 valence electrons. The molecule has 0 saturated carbocycles. The molecule has 0 fully saturated rings. The molecule has 0 N–H and O–H groups in total. The summed E-state index contributed by atoms with van der Waals surface area (Å²) in [6.45, 7) is 0. The van der Waals surface area contributed by atoms with Crippen LogP contribution in [0.25, 0.3) is 86.2 Å². The number of rotatable bonds is 0. The normalized spacial score (nSPS) is 12.4. The highest BCUT2D eigenvalue weighted by molar-refractivity contribution is 6.46. The van der Waals surface area contributed by atoms with Crippen molar-refractivity contribution >= 4 is 86.2 Å². The van der Waals surface area contributed by atoms with Crippen molar-refractivity contribution in [1.82, 2.24) is 0 Å². The maximum atomic E-state index is 2.44. The van der Waals surface area contributed by atoms with Crippen molar-refractivity contribution in [1.29, 1.82) is 0 Å². The summed E-state index contributed by atoms with van der Waals surface area (Å²) >= 11 is 0. The maximum absolute atomic E-state index is 2.44. The summed E-state index contributed by atoms with van der Waals surface area (Å²) in [4.78, 5) is 0. The van der Waals surface area contributed by atoms with Crippen LogP contribution in [0.5, 0.6) is 0 Å². The number of hydrogen-bond donors (Lipinski definition) is 0. The second-order valence-corrected chi connectivity index (χ2v) is 10.1. The van der Waals surface area contributed by atoms with Gasteiger partial charge in [0.2, 0.25) is 0 Å². The fraction of sp³-hybridized carbons (Fsp3) is 0. The number of benzene rings is 9. The Balaban J connectivity index is 1.79. The van der Waals surface area contributed by atoms with Crippen molar-refractivity contribution in [2.24, 2.45) is 0 Å². The molecule has 0 aliphatic rings. The summed E-state index contributed by atoms with van der Waals surface area (Å²) in [5.74, 6) is 0. The molecule has 0 saturated heterocycles. The molecule has 0 heterocycles. The summed E-state index contributed by atoms with van der Waals surface area (Å²) < 4.78 is 0. The zero-order valence-electron chi connectivity index (χ0n) is 19.5. The average molecular weight is 453 g/mol. The summed E-state index contributed by atoms with van der Waals surface area (Å²) in [6, 6.07) is 45.2. The van der Waals surface area contributed by atoms with Gasteiger partial charge in [0.15, 0.2) is 0 Å². The van der Waals surface area contributed by atoms with E-state index in [0.717, 1.165) is 0 Å². The Labute approximate surface area is 207 Å². The lowest BCUT2D eigenvalue weighted by Crippen LogP contribution is -1.92. The molecule has 0 aromatic heterocycles. The van der Waals surface area contributed by atoms with Crippen LogP contribution in [0.1, 0.15) is 0 Å². The van der Waals surface area contributed by atoms with Crippen LogP contribution in [0, 0.1) is 0 Å². The van der Waals surface area contributed by atoms with E-state index >= 15 is 0 Å². The van der Waals surface area contributed by atoms with E-state index in [4.69, 9.17) is 0 Å². The molecular formula is C36H20. The second-order valence-electron chi connectivity index (χ2n) is 10.1. The molecule has 9 aromatic rings. The van der Waals surface area contributed by atoms with E-state index in [2.05, 4.69) is 121 Å².